The van der Waals surface area contributed by atoms with Gasteiger partial charge < -0.3 is 19.8 Å². The van der Waals surface area contributed by atoms with Gasteiger partial charge in [-0.15, -0.1) is 0 Å². The lowest BCUT2D eigenvalue weighted by Gasteiger charge is -2.28. The van der Waals surface area contributed by atoms with Crippen LogP contribution in [0.5, 0.6) is 0 Å². The van der Waals surface area contributed by atoms with E-state index in [0.717, 1.165) is 63.5 Å². The third-order valence-corrected chi connectivity index (χ3v) is 4.62. The summed E-state index contributed by atoms with van der Waals surface area (Å²) in [5.41, 5.74) is 0. The predicted octanol–water partition coefficient (Wildman–Crippen LogP) is 2.64. The SMILES string of the molecule is CCN(CC)C(CNC(=NC)NCCCOCC1CC1)c1ccco1. The minimum Gasteiger partial charge on any atom is -0.468 e. The first-order valence-electron chi connectivity index (χ1n) is 9.58. The van der Waals surface area contributed by atoms with Crippen LogP contribution in [0.4, 0.5) is 0 Å². The molecule has 0 saturated heterocycles. The molecule has 1 aliphatic carbocycles. The summed E-state index contributed by atoms with van der Waals surface area (Å²) in [5, 5.41) is 6.78. The van der Waals surface area contributed by atoms with Crippen LogP contribution in [0.25, 0.3) is 0 Å². The van der Waals surface area contributed by atoms with E-state index in [2.05, 4.69) is 34.4 Å². The average Bonchev–Trinajstić information content (AvgIpc) is 3.30. The Morgan fingerprint density at radius 2 is 2.16 bits per heavy atom. The van der Waals surface area contributed by atoms with E-state index in [1.54, 1.807) is 13.3 Å². The molecular formula is C19H34N4O2. The Kier molecular flexibility index (Phi) is 8.83. The van der Waals surface area contributed by atoms with Gasteiger partial charge in [-0.05, 0) is 50.4 Å². The van der Waals surface area contributed by atoms with E-state index in [0.29, 0.717) is 0 Å². The first-order valence-corrected chi connectivity index (χ1v) is 9.58. The van der Waals surface area contributed by atoms with Crippen molar-refractivity contribution >= 4 is 5.96 Å². The topological polar surface area (TPSA) is 62.0 Å². The molecule has 0 amide bonds. The van der Waals surface area contributed by atoms with Crippen molar-refractivity contribution in [3.63, 3.8) is 0 Å². The fourth-order valence-corrected chi connectivity index (χ4v) is 2.88. The Morgan fingerprint density at radius 1 is 1.36 bits per heavy atom. The van der Waals surface area contributed by atoms with Crippen LogP contribution in [-0.2, 0) is 4.74 Å². The van der Waals surface area contributed by atoms with Crippen molar-refractivity contribution in [3.05, 3.63) is 24.2 Å². The summed E-state index contributed by atoms with van der Waals surface area (Å²) in [6.07, 6.45) is 5.42. The van der Waals surface area contributed by atoms with E-state index in [1.807, 2.05) is 12.1 Å². The first kappa shape index (κ1) is 19.8. The fourth-order valence-electron chi connectivity index (χ4n) is 2.88. The molecule has 2 N–H and O–H groups in total. The zero-order chi connectivity index (χ0) is 17.9. The number of aliphatic imine (C=N–C) groups is 1. The first-order chi connectivity index (χ1) is 12.3. The lowest BCUT2D eigenvalue weighted by Crippen LogP contribution is -2.43. The maximum absolute atomic E-state index is 5.66. The van der Waals surface area contributed by atoms with Crippen LogP contribution in [0, 0.1) is 5.92 Å². The number of nitrogens with one attached hydrogen (secondary N) is 2. The van der Waals surface area contributed by atoms with E-state index in [9.17, 15) is 0 Å². The van der Waals surface area contributed by atoms with Crippen LogP contribution >= 0.6 is 0 Å². The molecule has 6 heteroatoms. The number of nitrogens with zero attached hydrogens (tertiary/aromatic N) is 2. The molecule has 0 bridgehead atoms. The lowest BCUT2D eigenvalue weighted by atomic mass is 10.2. The predicted molar refractivity (Wildman–Crippen MR) is 102 cm³/mol. The highest BCUT2D eigenvalue weighted by Crippen LogP contribution is 2.28. The molecule has 1 atom stereocenters. The van der Waals surface area contributed by atoms with Gasteiger partial charge in [0.15, 0.2) is 5.96 Å². The Bertz CT molecular complexity index is 482. The maximum Gasteiger partial charge on any atom is 0.191 e. The van der Waals surface area contributed by atoms with Crippen LogP contribution in [0.2, 0.25) is 0 Å². The molecule has 2 rings (SSSR count). The Morgan fingerprint density at radius 3 is 2.76 bits per heavy atom. The monoisotopic (exact) mass is 350 g/mol. The van der Waals surface area contributed by atoms with Crippen LogP contribution < -0.4 is 10.6 Å². The van der Waals surface area contributed by atoms with Gasteiger partial charge in [-0.1, -0.05) is 13.8 Å². The number of likely N-dealkylation sites (N-methyl/N-ethyl adjacent to an activating group) is 1. The van der Waals surface area contributed by atoms with Gasteiger partial charge in [0.05, 0.1) is 12.3 Å². The molecule has 1 aromatic heterocycles. The number of ether oxygens (including phenoxy) is 1. The molecule has 142 valence electrons. The summed E-state index contributed by atoms with van der Waals surface area (Å²) >= 11 is 0. The van der Waals surface area contributed by atoms with Crippen molar-refractivity contribution in [2.75, 3.05) is 46.4 Å². The van der Waals surface area contributed by atoms with Gasteiger partial charge >= 0.3 is 0 Å². The second kappa shape index (κ2) is 11.2. The number of rotatable bonds is 12. The average molecular weight is 351 g/mol. The minimum absolute atomic E-state index is 0.199. The second-order valence-electron chi connectivity index (χ2n) is 6.50. The molecule has 1 saturated carbocycles. The van der Waals surface area contributed by atoms with Gasteiger partial charge in [-0.3, -0.25) is 9.89 Å². The van der Waals surface area contributed by atoms with Crippen LogP contribution in [0.1, 0.15) is 44.9 Å². The third kappa shape index (κ3) is 7.08. The van der Waals surface area contributed by atoms with Crippen molar-refractivity contribution in [3.8, 4) is 0 Å². The molecule has 0 aromatic carbocycles. The van der Waals surface area contributed by atoms with Gasteiger partial charge in [0.2, 0.25) is 0 Å². The minimum atomic E-state index is 0.199. The van der Waals surface area contributed by atoms with Gasteiger partial charge in [-0.25, -0.2) is 0 Å². The largest absolute Gasteiger partial charge is 0.468 e. The standard InChI is InChI=1S/C19H34N4O2/c1-4-23(5-2)17(18-8-6-13-25-18)14-22-19(20-3)21-11-7-12-24-15-16-9-10-16/h6,8,13,16-17H,4-5,7,9-12,14-15H2,1-3H3,(H2,20,21,22). The molecule has 0 aliphatic heterocycles. The summed E-state index contributed by atoms with van der Waals surface area (Å²) in [6.45, 7) is 9.68. The van der Waals surface area contributed by atoms with Crippen LogP contribution in [0.3, 0.4) is 0 Å². The highest BCUT2D eigenvalue weighted by Gasteiger charge is 2.21. The Labute approximate surface area is 152 Å². The highest BCUT2D eigenvalue weighted by atomic mass is 16.5. The molecule has 0 radical (unpaired) electrons. The van der Waals surface area contributed by atoms with Gasteiger partial charge in [0, 0.05) is 33.4 Å². The second-order valence-corrected chi connectivity index (χ2v) is 6.50. The summed E-state index contributed by atoms with van der Waals surface area (Å²) < 4.78 is 11.3. The van der Waals surface area contributed by atoms with E-state index in [-0.39, 0.29) is 6.04 Å². The molecule has 1 aromatic rings. The van der Waals surface area contributed by atoms with E-state index in [1.165, 1.54) is 12.8 Å². The van der Waals surface area contributed by atoms with Gasteiger partial charge in [-0.2, -0.15) is 0 Å². The third-order valence-electron chi connectivity index (χ3n) is 4.62. The molecule has 1 unspecified atom stereocenters. The normalized spacial score (nSPS) is 16.2. The molecule has 1 fully saturated rings. The van der Waals surface area contributed by atoms with E-state index < -0.39 is 0 Å². The van der Waals surface area contributed by atoms with Crippen molar-refractivity contribution in [2.45, 2.75) is 39.2 Å². The quantitative estimate of drug-likeness (QED) is 0.345. The Balaban J connectivity index is 1.70. The van der Waals surface area contributed by atoms with E-state index >= 15 is 0 Å². The number of guanidine groups is 1. The number of furan rings is 1. The maximum atomic E-state index is 5.66. The molecular weight excluding hydrogens is 316 g/mol. The van der Waals surface area contributed by atoms with E-state index in [4.69, 9.17) is 9.15 Å². The fraction of sp³-hybridized carbons (Fsp3) is 0.737. The molecule has 25 heavy (non-hydrogen) atoms. The summed E-state index contributed by atoms with van der Waals surface area (Å²) in [4.78, 5) is 6.69. The lowest BCUT2D eigenvalue weighted by molar-refractivity contribution is 0.123. The van der Waals surface area contributed by atoms with Crippen molar-refractivity contribution in [1.29, 1.82) is 0 Å². The summed E-state index contributed by atoms with van der Waals surface area (Å²) in [7, 11) is 1.80. The number of hydrogen-bond acceptors (Lipinski definition) is 4. The van der Waals surface area contributed by atoms with Crippen LogP contribution in [0.15, 0.2) is 27.8 Å². The summed E-state index contributed by atoms with van der Waals surface area (Å²) in [6, 6.07) is 4.18. The van der Waals surface area contributed by atoms with Crippen LogP contribution in [-0.4, -0.2) is 57.3 Å². The zero-order valence-electron chi connectivity index (χ0n) is 16.0. The van der Waals surface area contributed by atoms with Crippen molar-refractivity contribution < 1.29 is 9.15 Å². The zero-order valence-corrected chi connectivity index (χ0v) is 16.0. The van der Waals surface area contributed by atoms with Crippen molar-refractivity contribution in [2.24, 2.45) is 10.9 Å². The molecule has 6 nitrogen and oxygen atoms in total. The van der Waals surface area contributed by atoms with Crippen molar-refractivity contribution in [1.82, 2.24) is 15.5 Å². The summed E-state index contributed by atoms with van der Waals surface area (Å²) in [5.74, 6) is 2.65. The molecule has 0 spiro atoms. The Hall–Kier alpha value is -1.53. The number of hydrogen-bond donors (Lipinski definition) is 2. The van der Waals surface area contributed by atoms with Gasteiger partial charge in [0.25, 0.3) is 0 Å². The smallest absolute Gasteiger partial charge is 0.191 e. The molecule has 1 aliphatic rings. The highest BCUT2D eigenvalue weighted by molar-refractivity contribution is 5.79. The molecule has 1 heterocycles. The van der Waals surface area contributed by atoms with Gasteiger partial charge in [0.1, 0.15) is 5.76 Å².